The summed E-state index contributed by atoms with van der Waals surface area (Å²) in [6.45, 7) is 3.97. The van der Waals surface area contributed by atoms with Crippen molar-refractivity contribution in [1.82, 2.24) is 19.9 Å². The van der Waals surface area contributed by atoms with E-state index in [9.17, 15) is 4.79 Å². The van der Waals surface area contributed by atoms with Crippen LogP contribution in [0.4, 0.5) is 0 Å². The minimum absolute atomic E-state index is 0.0952. The van der Waals surface area contributed by atoms with Crippen LogP contribution < -0.4 is 0 Å². The third-order valence-corrected chi connectivity index (χ3v) is 3.01. The minimum atomic E-state index is -0.305. The number of hydrogen-bond donors (Lipinski definition) is 0. The van der Waals surface area contributed by atoms with E-state index in [1.54, 1.807) is 24.7 Å². The summed E-state index contributed by atoms with van der Waals surface area (Å²) in [6, 6.07) is 5.66. The smallest absolute Gasteiger partial charge is 0.327 e. The maximum Gasteiger partial charge on any atom is 0.327 e. The standard InChI is InChI=1S/C14H14N4O3/c1-3-20-13(19)8-18-12-5-4-10(6-11(12)7-15-18)14-16-9(2)21-17-14/h4-7H,3,8H2,1-2H3. The molecule has 0 radical (unpaired) electrons. The van der Waals surface area contributed by atoms with Gasteiger partial charge < -0.3 is 9.26 Å². The molecule has 0 aliphatic heterocycles. The average Bonchev–Trinajstić information content (AvgIpc) is 3.06. The lowest BCUT2D eigenvalue weighted by atomic mass is 10.1. The molecule has 0 spiro atoms. The number of fused-ring (bicyclic) bond motifs is 1. The number of nitrogens with zero attached hydrogens (tertiary/aromatic N) is 4. The maximum atomic E-state index is 11.5. The number of carbonyl (C=O) groups is 1. The molecular weight excluding hydrogens is 272 g/mol. The fraction of sp³-hybridized carbons (Fsp3) is 0.286. The monoisotopic (exact) mass is 286 g/mol. The Bertz CT molecular complexity index is 790. The first-order chi connectivity index (χ1) is 10.2. The summed E-state index contributed by atoms with van der Waals surface area (Å²) in [4.78, 5) is 15.7. The zero-order valence-corrected chi connectivity index (χ0v) is 11.7. The SMILES string of the molecule is CCOC(=O)Cn1ncc2cc(-c3noc(C)n3)ccc21. The summed E-state index contributed by atoms with van der Waals surface area (Å²) in [5, 5.41) is 9.00. The van der Waals surface area contributed by atoms with E-state index in [0.717, 1.165) is 16.5 Å². The fourth-order valence-corrected chi connectivity index (χ4v) is 2.10. The number of aromatic nitrogens is 4. The Morgan fingerprint density at radius 2 is 2.29 bits per heavy atom. The first-order valence-corrected chi connectivity index (χ1v) is 6.59. The van der Waals surface area contributed by atoms with Crippen LogP contribution in [0.3, 0.4) is 0 Å². The summed E-state index contributed by atoms with van der Waals surface area (Å²) in [7, 11) is 0. The molecule has 21 heavy (non-hydrogen) atoms. The topological polar surface area (TPSA) is 83.0 Å². The highest BCUT2D eigenvalue weighted by molar-refractivity contribution is 5.84. The number of carbonyl (C=O) groups excluding carboxylic acids is 1. The van der Waals surface area contributed by atoms with Crippen molar-refractivity contribution >= 4 is 16.9 Å². The number of esters is 1. The van der Waals surface area contributed by atoms with Crippen LogP contribution in [-0.4, -0.2) is 32.5 Å². The quantitative estimate of drug-likeness (QED) is 0.682. The molecule has 0 aliphatic carbocycles. The molecule has 0 amide bonds. The molecule has 0 saturated carbocycles. The van der Waals surface area contributed by atoms with Gasteiger partial charge in [0.15, 0.2) is 0 Å². The van der Waals surface area contributed by atoms with Crippen LogP contribution in [0, 0.1) is 6.92 Å². The lowest BCUT2D eigenvalue weighted by molar-refractivity contribution is -0.143. The van der Waals surface area contributed by atoms with Crippen molar-refractivity contribution in [3.05, 3.63) is 30.3 Å². The predicted octanol–water partition coefficient (Wildman–Crippen LogP) is 1.96. The van der Waals surface area contributed by atoms with Crippen LogP contribution in [-0.2, 0) is 16.1 Å². The maximum absolute atomic E-state index is 11.5. The molecule has 7 heteroatoms. The number of aryl methyl sites for hydroxylation is 1. The molecule has 2 heterocycles. The van der Waals surface area contributed by atoms with E-state index in [1.807, 2.05) is 18.2 Å². The molecule has 3 aromatic rings. The largest absolute Gasteiger partial charge is 0.465 e. The van der Waals surface area contributed by atoms with E-state index in [2.05, 4.69) is 15.2 Å². The second kappa shape index (κ2) is 5.35. The van der Waals surface area contributed by atoms with Gasteiger partial charge in [0.2, 0.25) is 11.7 Å². The first-order valence-electron chi connectivity index (χ1n) is 6.59. The molecule has 108 valence electrons. The van der Waals surface area contributed by atoms with Crippen molar-refractivity contribution < 1.29 is 14.1 Å². The molecule has 0 fully saturated rings. The van der Waals surface area contributed by atoms with Gasteiger partial charge >= 0.3 is 5.97 Å². The first kappa shape index (κ1) is 13.3. The molecule has 0 aliphatic rings. The Morgan fingerprint density at radius 1 is 1.43 bits per heavy atom. The van der Waals surface area contributed by atoms with Crippen molar-refractivity contribution in [1.29, 1.82) is 0 Å². The summed E-state index contributed by atoms with van der Waals surface area (Å²) < 4.78 is 11.5. The van der Waals surface area contributed by atoms with Crippen molar-refractivity contribution in [2.24, 2.45) is 0 Å². The molecule has 7 nitrogen and oxygen atoms in total. The van der Waals surface area contributed by atoms with E-state index in [1.165, 1.54) is 0 Å². The van der Waals surface area contributed by atoms with Crippen LogP contribution in [0.15, 0.2) is 28.9 Å². The molecule has 3 rings (SSSR count). The van der Waals surface area contributed by atoms with E-state index in [0.29, 0.717) is 18.3 Å². The van der Waals surface area contributed by atoms with Gasteiger partial charge in [-0.1, -0.05) is 5.16 Å². The molecule has 0 N–H and O–H groups in total. The summed E-state index contributed by atoms with van der Waals surface area (Å²) in [5.74, 6) is 0.746. The molecule has 0 unspecified atom stereocenters. The highest BCUT2D eigenvalue weighted by Crippen LogP contribution is 2.22. The highest BCUT2D eigenvalue weighted by atomic mass is 16.5. The minimum Gasteiger partial charge on any atom is -0.465 e. The molecule has 1 aromatic carbocycles. The second-order valence-corrected chi connectivity index (χ2v) is 4.52. The molecule has 0 bridgehead atoms. The summed E-state index contributed by atoms with van der Waals surface area (Å²) in [6.07, 6.45) is 1.70. The van der Waals surface area contributed by atoms with Gasteiger partial charge in [-0.3, -0.25) is 9.48 Å². The van der Waals surface area contributed by atoms with Gasteiger partial charge in [0.05, 0.1) is 18.3 Å². The third-order valence-electron chi connectivity index (χ3n) is 3.01. The Balaban J connectivity index is 1.92. The van der Waals surface area contributed by atoms with Crippen LogP contribution in [0.5, 0.6) is 0 Å². The van der Waals surface area contributed by atoms with E-state index in [-0.39, 0.29) is 12.5 Å². The van der Waals surface area contributed by atoms with Crippen molar-refractivity contribution in [3.8, 4) is 11.4 Å². The molecular formula is C14H14N4O3. The van der Waals surface area contributed by atoms with Crippen molar-refractivity contribution in [2.75, 3.05) is 6.61 Å². The van der Waals surface area contributed by atoms with E-state index >= 15 is 0 Å². The number of hydrogen-bond acceptors (Lipinski definition) is 6. The van der Waals surface area contributed by atoms with Gasteiger partial charge in [-0.15, -0.1) is 0 Å². The fourth-order valence-electron chi connectivity index (χ4n) is 2.10. The van der Waals surface area contributed by atoms with E-state index in [4.69, 9.17) is 9.26 Å². The Hall–Kier alpha value is -2.70. The molecule has 2 aromatic heterocycles. The zero-order valence-electron chi connectivity index (χ0n) is 11.7. The third kappa shape index (κ3) is 2.62. The summed E-state index contributed by atoms with van der Waals surface area (Å²) in [5.41, 5.74) is 1.70. The van der Waals surface area contributed by atoms with Crippen LogP contribution in [0.1, 0.15) is 12.8 Å². The van der Waals surface area contributed by atoms with Crippen LogP contribution in [0.2, 0.25) is 0 Å². The van der Waals surface area contributed by atoms with Gasteiger partial charge in [-0.25, -0.2) is 0 Å². The van der Waals surface area contributed by atoms with Crippen LogP contribution >= 0.6 is 0 Å². The Kier molecular flexibility index (Phi) is 3.39. The normalized spacial score (nSPS) is 11.0. The number of rotatable bonds is 4. The number of ether oxygens (including phenoxy) is 1. The Morgan fingerprint density at radius 3 is 3.00 bits per heavy atom. The lowest BCUT2D eigenvalue weighted by Gasteiger charge is -2.03. The second-order valence-electron chi connectivity index (χ2n) is 4.52. The Labute approximate surface area is 120 Å². The van der Waals surface area contributed by atoms with Crippen molar-refractivity contribution in [3.63, 3.8) is 0 Å². The van der Waals surface area contributed by atoms with Crippen molar-refractivity contribution in [2.45, 2.75) is 20.4 Å². The summed E-state index contributed by atoms with van der Waals surface area (Å²) >= 11 is 0. The van der Waals surface area contributed by atoms with E-state index < -0.39 is 0 Å². The highest BCUT2D eigenvalue weighted by Gasteiger charge is 2.11. The van der Waals surface area contributed by atoms with Gasteiger partial charge in [0.25, 0.3) is 0 Å². The molecule has 0 saturated heterocycles. The van der Waals surface area contributed by atoms with Crippen LogP contribution in [0.25, 0.3) is 22.3 Å². The molecule has 0 atom stereocenters. The number of benzene rings is 1. The zero-order chi connectivity index (χ0) is 14.8. The lowest BCUT2D eigenvalue weighted by Crippen LogP contribution is -2.14. The predicted molar refractivity (Wildman–Crippen MR) is 74.4 cm³/mol. The van der Waals surface area contributed by atoms with Gasteiger partial charge in [-0.05, 0) is 25.1 Å². The average molecular weight is 286 g/mol. The van der Waals surface area contributed by atoms with Gasteiger partial charge in [-0.2, -0.15) is 10.1 Å². The van der Waals surface area contributed by atoms with Gasteiger partial charge in [0.1, 0.15) is 6.54 Å². The van der Waals surface area contributed by atoms with Gasteiger partial charge in [0, 0.05) is 17.9 Å².